The lowest BCUT2D eigenvalue weighted by molar-refractivity contribution is 0.499. The molecule has 0 saturated heterocycles. The maximum absolute atomic E-state index is 4.24. The molecule has 1 rings (SSSR count). The van der Waals surface area contributed by atoms with E-state index in [1.54, 1.807) is 0 Å². The van der Waals surface area contributed by atoms with E-state index in [2.05, 4.69) is 43.3 Å². The average molecular weight is 211 g/mol. The molecule has 1 saturated carbocycles. The number of aliphatic imine (C=N–C) groups is 1. The van der Waals surface area contributed by atoms with Crippen molar-refractivity contribution >= 4 is 5.96 Å². The van der Waals surface area contributed by atoms with Gasteiger partial charge in [0.25, 0.3) is 0 Å². The van der Waals surface area contributed by atoms with Gasteiger partial charge >= 0.3 is 0 Å². The molecule has 0 heterocycles. The van der Waals surface area contributed by atoms with Crippen molar-refractivity contribution in [3.8, 4) is 0 Å². The summed E-state index contributed by atoms with van der Waals surface area (Å²) in [5, 5.41) is 6.85. The third-order valence-corrected chi connectivity index (χ3v) is 2.62. The van der Waals surface area contributed by atoms with Gasteiger partial charge in [-0.05, 0) is 39.5 Å². The first-order chi connectivity index (χ1) is 6.96. The summed E-state index contributed by atoms with van der Waals surface area (Å²) in [5.74, 6) is 1.81. The van der Waals surface area contributed by atoms with Crippen LogP contribution in [0.5, 0.6) is 0 Å². The number of nitrogens with one attached hydrogen (secondary N) is 2. The van der Waals surface area contributed by atoms with E-state index in [1.165, 1.54) is 19.3 Å². The van der Waals surface area contributed by atoms with Gasteiger partial charge in [0.15, 0.2) is 5.96 Å². The highest BCUT2D eigenvalue weighted by Crippen LogP contribution is 2.34. The Balaban J connectivity index is 2.31. The topological polar surface area (TPSA) is 36.4 Å². The van der Waals surface area contributed by atoms with Gasteiger partial charge in [-0.1, -0.05) is 13.3 Å². The molecule has 2 atom stereocenters. The van der Waals surface area contributed by atoms with E-state index < -0.39 is 0 Å². The second-order valence-corrected chi connectivity index (χ2v) is 5.48. The van der Waals surface area contributed by atoms with Crippen LogP contribution in [0.15, 0.2) is 4.99 Å². The van der Waals surface area contributed by atoms with Crippen LogP contribution in [-0.4, -0.2) is 24.6 Å². The molecule has 15 heavy (non-hydrogen) atoms. The summed E-state index contributed by atoms with van der Waals surface area (Å²) >= 11 is 0. The Kier molecular flexibility index (Phi) is 4.00. The minimum atomic E-state index is 0.0803. The van der Waals surface area contributed by atoms with Gasteiger partial charge in [-0.15, -0.1) is 0 Å². The van der Waals surface area contributed by atoms with E-state index in [-0.39, 0.29) is 5.54 Å². The Bertz CT molecular complexity index is 228. The Morgan fingerprint density at radius 1 is 1.40 bits per heavy atom. The SMILES string of the molecule is CCCC1CC1NC(=NC)NC(C)(C)C. The molecule has 2 N–H and O–H groups in total. The maximum Gasteiger partial charge on any atom is 0.191 e. The van der Waals surface area contributed by atoms with Crippen molar-refractivity contribution in [1.82, 2.24) is 10.6 Å². The molecular formula is C12H25N3. The molecule has 0 aromatic rings. The predicted octanol–water partition coefficient (Wildman–Crippen LogP) is 2.14. The van der Waals surface area contributed by atoms with E-state index in [1.807, 2.05) is 7.05 Å². The van der Waals surface area contributed by atoms with Crippen LogP contribution in [0.3, 0.4) is 0 Å². The summed E-state index contributed by atoms with van der Waals surface area (Å²) in [6.45, 7) is 8.69. The van der Waals surface area contributed by atoms with Gasteiger partial charge in [0.2, 0.25) is 0 Å². The van der Waals surface area contributed by atoms with Crippen LogP contribution in [0.2, 0.25) is 0 Å². The minimum absolute atomic E-state index is 0.0803. The molecule has 2 unspecified atom stereocenters. The van der Waals surface area contributed by atoms with Gasteiger partial charge in [0.1, 0.15) is 0 Å². The summed E-state index contributed by atoms with van der Waals surface area (Å²) in [6, 6.07) is 0.651. The fraction of sp³-hybridized carbons (Fsp3) is 0.917. The van der Waals surface area contributed by atoms with Crippen molar-refractivity contribution in [3.05, 3.63) is 0 Å². The highest BCUT2D eigenvalue weighted by molar-refractivity contribution is 5.81. The minimum Gasteiger partial charge on any atom is -0.353 e. The van der Waals surface area contributed by atoms with E-state index in [0.29, 0.717) is 6.04 Å². The van der Waals surface area contributed by atoms with Gasteiger partial charge in [0.05, 0.1) is 0 Å². The molecule has 0 radical (unpaired) electrons. The van der Waals surface area contributed by atoms with Gasteiger partial charge < -0.3 is 10.6 Å². The summed E-state index contributed by atoms with van der Waals surface area (Å²) in [5.41, 5.74) is 0.0803. The zero-order valence-corrected chi connectivity index (χ0v) is 10.7. The summed E-state index contributed by atoms with van der Waals surface area (Å²) < 4.78 is 0. The van der Waals surface area contributed by atoms with Gasteiger partial charge in [-0.25, -0.2) is 0 Å². The van der Waals surface area contributed by atoms with Crippen LogP contribution in [0, 0.1) is 5.92 Å². The number of nitrogens with zero attached hydrogens (tertiary/aromatic N) is 1. The highest BCUT2D eigenvalue weighted by atomic mass is 15.2. The molecule has 0 amide bonds. The van der Waals surface area contributed by atoms with Gasteiger partial charge in [-0.2, -0.15) is 0 Å². The quantitative estimate of drug-likeness (QED) is 0.554. The first-order valence-corrected chi connectivity index (χ1v) is 5.97. The molecule has 0 aliphatic heterocycles. The van der Waals surface area contributed by atoms with Crippen LogP contribution in [0.4, 0.5) is 0 Å². The zero-order chi connectivity index (χ0) is 11.5. The van der Waals surface area contributed by atoms with Gasteiger partial charge in [0, 0.05) is 18.6 Å². The van der Waals surface area contributed by atoms with Crippen LogP contribution < -0.4 is 10.6 Å². The monoisotopic (exact) mass is 211 g/mol. The standard InChI is InChI=1S/C12H25N3/c1-6-7-9-8-10(9)14-11(13-5)15-12(2,3)4/h9-10H,6-8H2,1-5H3,(H2,13,14,15). The molecule has 1 aliphatic carbocycles. The average Bonchev–Trinajstić information content (AvgIpc) is 2.81. The Hall–Kier alpha value is -0.730. The first kappa shape index (κ1) is 12.3. The van der Waals surface area contributed by atoms with Crippen molar-refractivity contribution in [2.24, 2.45) is 10.9 Å². The number of rotatable bonds is 3. The molecule has 0 aromatic heterocycles. The summed E-state index contributed by atoms with van der Waals surface area (Å²) in [7, 11) is 1.83. The number of guanidine groups is 1. The molecule has 88 valence electrons. The third kappa shape index (κ3) is 4.54. The molecular weight excluding hydrogens is 186 g/mol. The summed E-state index contributed by atoms with van der Waals surface area (Å²) in [6.07, 6.45) is 3.93. The Morgan fingerprint density at radius 2 is 2.07 bits per heavy atom. The normalized spacial score (nSPS) is 26.3. The molecule has 1 aliphatic rings. The Labute approximate surface area is 93.7 Å². The van der Waals surface area contributed by atoms with Crippen molar-refractivity contribution in [2.45, 2.75) is 58.5 Å². The summed E-state index contributed by atoms with van der Waals surface area (Å²) in [4.78, 5) is 4.24. The zero-order valence-electron chi connectivity index (χ0n) is 10.7. The lowest BCUT2D eigenvalue weighted by Gasteiger charge is -2.23. The lowest BCUT2D eigenvalue weighted by Crippen LogP contribution is -2.48. The fourth-order valence-electron chi connectivity index (χ4n) is 1.80. The molecule has 3 heteroatoms. The highest BCUT2D eigenvalue weighted by Gasteiger charge is 2.36. The number of hydrogen-bond donors (Lipinski definition) is 2. The van der Waals surface area contributed by atoms with E-state index in [0.717, 1.165) is 11.9 Å². The molecule has 1 fully saturated rings. The van der Waals surface area contributed by atoms with Crippen molar-refractivity contribution in [3.63, 3.8) is 0 Å². The molecule has 0 bridgehead atoms. The second kappa shape index (κ2) is 4.86. The predicted molar refractivity (Wildman–Crippen MR) is 66.2 cm³/mol. The number of hydrogen-bond acceptors (Lipinski definition) is 1. The van der Waals surface area contributed by atoms with Crippen molar-refractivity contribution < 1.29 is 0 Å². The molecule has 3 nitrogen and oxygen atoms in total. The third-order valence-electron chi connectivity index (χ3n) is 2.62. The molecule has 0 spiro atoms. The Morgan fingerprint density at radius 3 is 2.53 bits per heavy atom. The van der Waals surface area contributed by atoms with E-state index in [9.17, 15) is 0 Å². The smallest absolute Gasteiger partial charge is 0.191 e. The van der Waals surface area contributed by atoms with Crippen LogP contribution in [0.1, 0.15) is 47.0 Å². The van der Waals surface area contributed by atoms with Crippen molar-refractivity contribution in [1.29, 1.82) is 0 Å². The van der Waals surface area contributed by atoms with Crippen LogP contribution in [-0.2, 0) is 0 Å². The van der Waals surface area contributed by atoms with E-state index >= 15 is 0 Å². The maximum atomic E-state index is 4.24. The first-order valence-electron chi connectivity index (χ1n) is 5.97. The second-order valence-electron chi connectivity index (χ2n) is 5.48. The van der Waals surface area contributed by atoms with Crippen LogP contribution in [0.25, 0.3) is 0 Å². The van der Waals surface area contributed by atoms with Crippen LogP contribution >= 0.6 is 0 Å². The van der Waals surface area contributed by atoms with E-state index in [4.69, 9.17) is 0 Å². The lowest BCUT2D eigenvalue weighted by atomic mass is 10.1. The molecule has 0 aromatic carbocycles. The van der Waals surface area contributed by atoms with Gasteiger partial charge in [-0.3, -0.25) is 4.99 Å². The largest absolute Gasteiger partial charge is 0.353 e. The fourth-order valence-corrected chi connectivity index (χ4v) is 1.80. The van der Waals surface area contributed by atoms with Crippen molar-refractivity contribution in [2.75, 3.05) is 7.05 Å².